The zero-order chi connectivity index (χ0) is 19.4. The molecule has 1 aromatic carbocycles. The van der Waals surface area contributed by atoms with Crippen LogP contribution in [-0.2, 0) is 22.5 Å². The number of amides is 1. The Labute approximate surface area is 169 Å². The molecular weight excluding hydrogens is 408 g/mol. The Morgan fingerprint density at radius 1 is 1.15 bits per heavy atom. The number of halogens is 1. The van der Waals surface area contributed by atoms with Gasteiger partial charge in [0.15, 0.2) is 16.3 Å². The summed E-state index contributed by atoms with van der Waals surface area (Å²) in [5, 5.41) is 0. The van der Waals surface area contributed by atoms with E-state index in [-0.39, 0.29) is 12.3 Å². The zero-order valence-electron chi connectivity index (χ0n) is 15.2. The smallest absolute Gasteiger partial charge is 0.253 e. The fraction of sp³-hybridized carbons (Fsp3) is 0.333. The number of hydrogen-bond donors (Lipinski definition) is 0. The predicted molar refractivity (Wildman–Crippen MR) is 108 cm³/mol. The molecule has 0 unspecified atom stereocenters. The third-order valence-electron chi connectivity index (χ3n) is 3.88. The van der Waals surface area contributed by atoms with E-state index in [2.05, 4.69) is 4.99 Å². The molecule has 0 saturated carbocycles. The van der Waals surface area contributed by atoms with Crippen LogP contribution < -0.4 is 14.3 Å². The van der Waals surface area contributed by atoms with E-state index in [0.29, 0.717) is 33.8 Å². The summed E-state index contributed by atoms with van der Waals surface area (Å²) < 4.78 is 19.6. The minimum atomic E-state index is -0.217. The molecule has 2 aromatic heterocycles. The third kappa shape index (κ3) is 4.52. The van der Waals surface area contributed by atoms with Gasteiger partial charge in [0.2, 0.25) is 0 Å². The van der Waals surface area contributed by atoms with Crippen molar-refractivity contribution < 1.29 is 19.0 Å². The summed E-state index contributed by atoms with van der Waals surface area (Å²) in [6, 6.07) is 7.42. The van der Waals surface area contributed by atoms with Gasteiger partial charge in [-0.2, -0.15) is 4.99 Å². The fourth-order valence-electron chi connectivity index (χ4n) is 2.62. The van der Waals surface area contributed by atoms with Gasteiger partial charge in [0, 0.05) is 30.7 Å². The molecule has 0 saturated heterocycles. The molecule has 27 heavy (non-hydrogen) atoms. The summed E-state index contributed by atoms with van der Waals surface area (Å²) in [4.78, 5) is 18.3. The lowest BCUT2D eigenvalue weighted by Crippen LogP contribution is -2.19. The maximum absolute atomic E-state index is 12.4. The van der Waals surface area contributed by atoms with E-state index < -0.39 is 0 Å². The monoisotopic (exact) mass is 426 g/mol. The lowest BCUT2D eigenvalue weighted by molar-refractivity contribution is -0.117. The van der Waals surface area contributed by atoms with Crippen molar-refractivity contribution in [3.63, 3.8) is 0 Å². The fourth-order valence-corrected chi connectivity index (χ4v) is 4.78. The van der Waals surface area contributed by atoms with Crippen LogP contribution in [0.2, 0.25) is 4.34 Å². The molecule has 0 aliphatic carbocycles. The number of aromatic nitrogens is 1. The molecule has 0 fully saturated rings. The minimum Gasteiger partial charge on any atom is -0.493 e. The second-order valence-electron chi connectivity index (χ2n) is 5.59. The highest BCUT2D eigenvalue weighted by molar-refractivity contribution is 7.16. The van der Waals surface area contributed by atoms with Crippen LogP contribution in [0.4, 0.5) is 0 Å². The third-order valence-corrected chi connectivity index (χ3v) is 6.15. The molecule has 0 radical (unpaired) electrons. The first-order valence-electron chi connectivity index (χ1n) is 8.11. The Morgan fingerprint density at radius 2 is 1.89 bits per heavy atom. The van der Waals surface area contributed by atoms with Crippen LogP contribution >= 0.6 is 34.3 Å². The average Bonchev–Trinajstić information content (AvgIpc) is 3.20. The molecule has 6 nitrogen and oxygen atoms in total. The first-order valence-corrected chi connectivity index (χ1v) is 10.1. The van der Waals surface area contributed by atoms with Crippen LogP contribution in [0, 0.1) is 0 Å². The van der Waals surface area contributed by atoms with Crippen molar-refractivity contribution in [1.82, 2.24) is 4.57 Å². The Bertz CT molecular complexity index is 1020. The van der Waals surface area contributed by atoms with Crippen LogP contribution in [-0.4, -0.2) is 38.4 Å². The van der Waals surface area contributed by atoms with Crippen LogP contribution in [0.25, 0.3) is 10.2 Å². The van der Waals surface area contributed by atoms with E-state index in [1.807, 2.05) is 22.8 Å². The summed E-state index contributed by atoms with van der Waals surface area (Å²) in [5.41, 5.74) is 0.917. The Kier molecular flexibility index (Phi) is 6.54. The second kappa shape index (κ2) is 8.88. The Hall–Kier alpha value is -1.87. The minimum absolute atomic E-state index is 0.217. The van der Waals surface area contributed by atoms with Gasteiger partial charge >= 0.3 is 0 Å². The highest BCUT2D eigenvalue weighted by Gasteiger charge is 2.13. The number of carbonyl (C=O) groups is 1. The first-order chi connectivity index (χ1) is 13.0. The van der Waals surface area contributed by atoms with E-state index >= 15 is 0 Å². The van der Waals surface area contributed by atoms with Crippen molar-refractivity contribution in [2.24, 2.45) is 4.99 Å². The highest BCUT2D eigenvalue weighted by atomic mass is 35.5. The van der Waals surface area contributed by atoms with Gasteiger partial charge in [-0.25, -0.2) is 0 Å². The second-order valence-corrected chi connectivity index (χ2v) is 8.40. The SMILES string of the molecule is COCCn1c(=NC(=O)Cc2ccc(Cl)s2)sc2cc(OC)c(OC)cc21. The Morgan fingerprint density at radius 3 is 2.52 bits per heavy atom. The van der Waals surface area contributed by atoms with Crippen LogP contribution in [0.15, 0.2) is 29.3 Å². The van der Waals surface area contributed by atoms with Gasteiger partial charge in [-0.3, -0.25) is 4.79 Å². The molecular formula is C18H19ClN2O4S2. The maximum Gasteiger partial charge on any atom is 0.253 e. The number of ether oxygens (including phenoxy) is 3. The van der Waals surface area contributed by atoms with Crippen molar-refractivity contribution in [2.75, 3.05) is 27.9 Å². The number of benzene rings is 1. The number of hydrogen-bond acceptors (Lipinski definition) is 6. The van der Waals surface area contributed by atoms with Crippen molar-refractivity contribution in [1.29, 1.82) is 0 Å². The molecule has 0 aliphatic heterocycles. The van der Waals surface area contributed by atoms with Gasteiger partial charge < -0.3 is 18.8 Å². The van der Waals surface area contributed by atoms with Gasteiger partial charge in [0.1, 0.15) is 0 Å². The van der Waals surface area contributed by atoms with Crippen LogP contribution in [0.1, 0.15) is 4.88 Å². The first kappa shape index (κ1) is 19.9. The van der Waals surface area contributed by atoms with Gasteiger partial charge in [-0.05, 0) is 12.1 Å². The van der Waals surface area contributed by atoms with E-state index in [4.69, 9.17) is 25.8 Å². The number of carbonyl (C=O) groups excluding carboxylic acids is 1. The Balaban J connectivity index is 2.05. The number of rotatable bonds is 7. The van der Waals surface area contributed by atoms with Gasteiger partial charge in [0.05, 0.1) is 41.8 Å². The van der Waals surface area contributed by atoms with Crippen LogP contribution in [0.5, 0.6) is 11.5 Å². The molecule has 2 heterocycles. The number of thiazole rings is 1. The van der Waals surface area contributed by atoms with Crippen molar-refractivity contribution in [2.45, 2.75) is 13.0 Å². The van der Waals surface area contributed by atoms with E-state index in [0.717, 1.165) is 15.1 Å². The molecule has 0 spiro atoms. The lowest BCUT2D eigenvalue weighted by Gasteiger charge is -2.09. The van der Waals surface area contributed by atoms with Gasteiger partial charge in [-0.15, -0.1) is 11.3 Å². The molecule has 0 bridgehead atoms. The summed E-state index contributed by atoms with van der Waals surface area (Å²) >= 11 is 8.75. The average molecular weight is 427 g/mol. The quantitative estimate of drug-likeness (QED) is 0.577. The molecule has 0 N–H and O–H groups in total. The van der Waals surface area contributed by atoms with E-state index in [1.165, 1.54) is 22.7 Å². The molecule has 3 rings (SSSR count). The summed E-state index contributed by atoms with van der Waals surface area (Å²) in [6.07, 6.45) is 0.225. The van der Waals surface area contributed by atoms with E-state index in [9.17, 15) is 4.79 Å². The highest BCUT2D eigenvalue weighted by Crippen LogP contribution is 2.33. The molecule has 0 atom stereocenters. The normalized spacial score (nSPS) is 11.9. The summed E-state index contributed by atoms with van der Waals surface area (Å²) in [5.74, 6) is 1.04. The molecule has 3 aromatic rings. The topological polar surface area (TPSA) is 62.1 Å². The maximum atomic E-state index is 12.4. The zero-order valence-corrected chi connectivity index (χ0v) is 17.5. The van der Waals surface area contributed by atoms with Crippen molar-refractivity contribution >= 4 is 50.4 Å². The number of thiophene rings is 1. The summed E-state index contributed by atoms with van der Waals surface area (Å²) in [6.45, 7) is 1.07. The predicted octanol–water partition coefficient (Wildman–Crippen LogP) is 3.75. The molecule has 0 aliphatic rings. The molecule has 9 heteroatoms. The van der Waals surface area contributed by atoms with Gasteiger partial charge in [0.25, 0.3) is 5.91 Å². The van der Waals surface area contributed by atoms with Crippen LogP contribution in [0.3, 0.4) is 0 Å². The largest absolute Gasteiger partial charge is 0.493 e. The van der Waals surface area contributed by atoms with Gasteiger partial charge in [-0.1, -0.05) is 22.9 Å². The van der Waals surface area contributed by atoms with Crippen molar-refractivity contribution in [3.05, 3.63) is 38.3 Å². The standard InChI is InChI=1S/C18H19ClN2O4S2/c1-23-7-6-21-12-9-13(24-2)14(25-3)10-15(12)27-18(21)20-17(22)8-11-4-5-16(19)26-11/h4-5,9-10H,6-8H2,1-3H3. The molecule has 1 amide bonds. The van der Waals surface area contributed by atoms with Crippen molar-refractivity contribution in [3.8, 4) is 11.5 Å². The number of fused-ring (bicyclic) bond motifs is 1. The van der Waals surface area contributed by atoms with E-state index in [1.54, 1.807) is 27.4 Å². The summed E-state index contributed by atoms with van der Waals surface area (Å²) in [7, 11) is 4.83. The lowest BCUT2D eigenvalue weighted by atomic mass is 10.3. The number of nitrogens with zero attached hydrogens (tertiary/aromatic N) is 2. The number of methoxy groups -OCH3 is 3. The molecule has 144 valence electrons.